The molecule has 84 valence electrons. The lowest BCUT2D eigenvalue weighted by Gasteiger charge is -2.22. The van der Waals surface area contributed by atoms with Crippen molar-refractivity contribution < 1.29 is 9.90 Å². The molecule has 4 nitrogen and oxygen atoms in total. The van der Waals surface area contributed by atoms with Crippen LogP contribution in [-0.4, -0.2) is 30.2 Å². The molecular formula is C10H22N2O2. The zero-order valence-electron chi connectivity index (χ0n) is 9.34. The molecule has 0 heterocycles. The van der Waals surface area contributed by atoms with Gasteiger partial charge in [-0.15, -0.1) is 0 Å². The van der Waals surface area contributed by atoms with Crippen molar-refractivity contribution in [3.05, 3.63) is 0 Å². The van der Waals surface area contributed by atoms with Crippen molar-refractivity contribution in [1.82, 2.24) is 5.32 Å². The minimum atomic E-state index is -0.358. The number of aliphatic hydroxyl groups excluding tert-OH is 1. The summed E-state index contributed by atoms with van der Waals surface area (Å²) in [6.07, 6.45) is 0.710. The van der Waals surface area contributed by atoms with Crippen molar-refractivity contribution in [1.29, 1.82) is 0 Å². The fourth-order valence-corrected chi connectivity index (χ4v) is 1.26. The maximum atomic E-state index is 10.4. The molecule has 4 N–H and O–H groups in total. The van der Waals surface area contributed by atoms with Crippen molar-refractivity contribution in [3.8, 4) is 0 Å². The lowest BCUT2D eigenvalue weighted by molar-refractivity contribution is -0.117. The van der Waals surface area contributed by atoms with Gasteiger partial charge < -0.3 is 16.2 Å². The number of nitrogens with two attached hydrogens (primary N) is 1. The minimum absolute atomic E-state index is 0.130. The molecule has 0 aromatic heterocycles. The van der Waals surface area contributed by atoms with Crippen LogP contribution in [0.4, 0.5) is 0 Å². The Hall–Kier alpha value is -0.610. The van der Waals surface area contributed by atoms with E-state index in [4.69, 9.17) is 5.73 Å². The van der Waals surface area contributed by atoms with Crippen LogP contribution >= 0.6 is 0 Å². The molecule has 0 aliphatic heterocycles. The van der Waals surface area contributed by atoms with Gasteiger partial charge in [-0.05, 0) is 11.8 Å². The summed E-state index contributed by atoms with van der Waals surface area (Å²) in [5.41, 5.74) is 5.10. The third-order valence-electron chi connectivity index (χ3n) is 1.78. The van der Waals surface area contributed by atoms with Gasteiger partial charge in [0, 0.05) is 19.5 Å². The van der Waals surface area contributed by atoms with E-state index in [9.17, 15) is 9.90 Å². The summed E-state index contributed by atoms with van der Waals surface area (Å²) < 4.78 is 0. The molecule has 0 aliphatic carbocycles. The highest BCUT2D eigenvalue weighted by Gasteiger charge is 2.15. The lowest BCUT2D eigenvalue weighted by Crippen LogP contribution is -2.32. The average Bonchev–Trinajstić information content (AvgIpc) is 1.94. The topological polar surface area (TPSA) is 75.3 Å². The molecule has 0 bridgehead atoms. The van der Waals surface area contributed by atoms with E-state index in [0.29, 0.717) is 19.5 Å². The second-order valence-electron chi connectivity index (χ2n) is 4.84. The maximum Gasteiger partial charge on any atom is 0.218 e. The van der Waals surface area contributed by atoms with Gasteiger partial charge in [0.25, 0.3) is 0 Å². The number of aliphatic hydroxyl groups is 1. The van der Waals surface area contributed by atoms with Crippen LogP contribution in [0.1, 0.15) is 33.6 Å². The third kappa shape index (κ3) is 9.48. The van der Waals surface area contributed by atoms with Gasteiger partial charge in [0.05, 0.1) is 6.10 Å². The molecule has 0 saturated carbocycles. The van der Waals surface area contributed by atoms with Crippen LogP contribution in [0.5, 0.6) is 0 Å². The van der Waals surface area contributed by atoms with Gasteiger partial charge in [-0.1, -0.05) is 20.8 Å². The lowest BCUT2D eigenvalue weighted by atomic mass is 9.89. The monoisotopic (exact) mass is 202 g/mol. The molecule has 0 spiro atoms. The van der Waals surface area contributed by atoms with Crippen LogP contribution in [0.25, 0.3) is 0 Å². The maximum absolute atomic E-state index is 10.4. The van der Waals surface area contributed by atoms with Gasteiger partial charge in [0.2, 0.25) is 5.91 Å². The number of rotatable bonds is 6. The van der Waals surface area contributed by atoms with E-state index in [-0.39, 0.29) is 17.4 Å². The SMILES string of the molecule is CC(C)(C)CC(O)CNCCC(N)=O. The Morgan fingerprint density at radius 1 is 1.50 bits per heavy atom. The normalized spacial score (nSPS) is 14.0. The number of primary amides is 1. The first kappa shape index (κ1) is 13.4. The van der Waals surface area contributed by atoms with E-state index in [1.165, 1.54) is 0 Å². The third-order valence-corrected chi connectivity index (χ3v) is 1.78. The predicted molar refractivity (Wildman–Crippen MR) is 56.8 cm³/mol. The highest BCUT2D eigenvalue weighted by atomic mass is 16.3. The first-order chi connectivity index (χ1) is 6.31. The summed E-state index contributed by atoms with van der Waals surface area (Å²) >= 11 is 0. The van der Waals surface area contributed by atoms with Gasteiger partial charge in [0.15, 0.2) is 0 Å². The number of amides is 1. The molecule has 0 aromatic carbocycles. The molecule has 1 unspecified atom stereocenters. The van der Waals surface area contributed by atoms with E-state index in [2.05, 4.69) is 26.1 Å². The summed E-state index contributed by atoms with van der Waals surface area (Å²) in [5, 5.41) is 12.6. The summed E-state index contributed by atoms with van der Waals surface area (Å²) in [4.78, 5) is 10.4. The smallest absolute Gasteiger partial charge is 0.218 e. The highest BCUT2D eigenvalue weighted by Crippen LogP contribution is 2.20. The molecule has 0 aliphatic rings. The zero-order valence-corrected chi connectivity index (χ0v) is 9.34. The Morgan fingerprint density at radius 2 is 2.07 bits per heavy atom. The van der Waals surface area contributed by atoms with Crippen LogP contribution < -0.4 is 11.1 Å². The number of carbonyl (C=O) groups excluding carboxylic acids is 1. The van der Waals surface area contributed by atoms with E-state index in [1.807, 2.05) is 0 Å². The molecule has 4 heteroatoms. The van der Waals surface area contributed by atoms with Crippen LogP contribution in [0.3, 0.4) is 0 Å². The van der Waals surface area contributed by atoms with E-state index < -0.39 is 0 Å². The number of nitrogens with one attached hydrogen (secondary N) is 1. The summed E-state index contributed by atoms with van der Waals surface area (Å²) in [6, 6.07) is 0. The molecule has 1 atom stereocenters. The molecule has 14 heavy (non-hydrogen) atoms. The van der Waals surface area contributed by atoms with Gasteiger partial charge in [0.1, 0.15) is 0 Å². The van der Waals surface area contributed by atoms with Crippen molar-refractivity contribution in [3.63, 3.8) is 0 Å². The Balaban J connectivity index is 3.45. The molecule has 0 saturated heterocycles. The molecule has 0 rings (SSSR count). The van der Waals surface area contributed by atoms with Crippen LogP contribution in [-0.2, 0) is 4.79 Å². The number of carbonyl (C=O) groups is 1. The fourth-order valence-electron chi connectivity index (χ4n) is 1.26. The van der Waals surface area contributed by atoms with Crippen LogP contribution in [0.15, 0.2) is 0 Å². The Kier molecular flexibility index (Phi) is 5.72. The zero-order chi connectivity index (χ0) is 11.2. The Morgan fingerprint density at radius 3 is 2.50 bits per heavy atom. The van der Waals surface area contributed by atoms with E-state index in [0.717, 1.165) is 6.42 Å². The van der Waals surface area contributed by atoms with Gasteiger partial charge in [-0.3, -0.25) is 4.79 Å². The van der Waals surface area contributed by atoms with Crippen LogP contribution in [0.2, 0.25) is 0 Å². The second kappa shape index (κ2) is 5.98. The standard InChI is InChI=1S/C10H22N2O2/c1-10(2,3)6-8(13)7-12-5-4-9(11)14/h8,12-13H,4-7H2,1-3H3,(H2,11,14). The highest BCUT2D eigenvalue weighted by molar-refractivity contribution is 5.73. The number of hydrogen-bond acceptors (Lipinski definition) is 3. The second-order valence-corrected chi connectivity index (χ2v) is 4.84. The average molecular weight is 202 g/mol. The van der Waals surface area contributed by atoms with Crippen molar-refractivity contribution in [2.75, 3.05) is 13.1 Å². The first-order valence-corrected chi connectivity index (χ1v) is 4.98. The van der Waals surface area contributed by atoms with E-state index in [1.54, 1.807) is 0 Å². The molecule has 0 fully saturated rings. The first-order valence-electron chi connectivity index (χ1n) is 4.98. The predicted octanol–water partition coefficient (Wildman–Crippen LogP) is 0.248. The van der Waals surface area contributed by atoms with Crippen molar-refractivity contribution in [2.45, 2.75) is 39.7 Å². The summed E-state index contributed by atoms with van der Waals surface area (Å²) in [7, 11) is 0. The molecule has 1 amide bonds. The quantitative estimate of drug-likeness (QED) is 0.540. The largest absolute Gasteiger partial charge is 0.392 e. The van der Waals surface area contributed by atoms with E-state index >= 15 is 0 Å². The van der Waals surface area contributed by atoms with Gasteiger partial charge in [-0.2, -0.15) is 0 Å². The Labute approximate surface area is 85.9 Å². The van der Waals surface area contributed by atoms with Gasteiger partial charge >= 0.3 is 0 Å². The molecule has 0 aromatic rings. The van der Waals surface area contributed by atoms with Crippen molar-refractivity contribution in [2.24, 2.45) is 11.1 Å². The number of hydrogen-bond donors (Lipinski definition) is 3. The summed E-state index contributed by atoms with van der Waals surface area (Å²) in [5.74, 6) is -0.317. The van der Waals surface area contributed by atoms with Gasteiger partial charge in [-0.25, -0.2) is 0 Å². The fraction of sp³-hybridized carbons (Fsp3) is 0.900. The van der Waals surface area contributed by atoms with Crippen molar-refractivity contribution >= 4 is 5.91 Å². The Bertz CT molecular complexity index is 175. The summed E-state index contributed by atoms with van der Waals surface area (Å²) in [6.45, 7) is 7.31. The minimum Gasteiger partial charge on any atom is -0.392 e. The molecule has 0 radical (unpaired) electrons. The van der Waals surface area contributed by atoms with Crippen LogP contribution in [0, 0.1) is 5.41 Å². The molecular weight excluding hydrogens is 180 g/mol.